The number of anilines is 1. The number of carbonyl (C=O) groups is 1. The fraction of sp³-hybridized carbons (Fsp3) is 0.300. The quantitative estimate of drug-likeness (QED) is 0.690. The minimum atomic E-state index is -0.840. The third kappa shape index (κ3) is 2.21. The Balaban J connectivity index is 3.07. The molecule has 0 fully saturated rings. The zero-order chi connectivity index (χ0) is 9.84. The van der Waals surface area contributed by atoms with Crippen molar-refractivity contribution in [2.75, 3.05) is 5.73 Å². The van der Waals surface area contributed by atoms with Gasteiger partial charge >= 0.3 is 5.97 Å². The van der Waals surface area contributed by atoms with Gasteiger partial charge in [-0.1, -0.05) is 19.1 Å². The zero-order valence-electron chi connectivity index (χ0n) is 7.58. The van der Waals surface area contributed by atoms with E-state index in [1.54, 1.807) is 6.07 Å². The summed E-state index contributed by atoms with van der Waals surface area (Å²) in [4.78, 5) is 10.5. The first-order valence-electron chi connectivity index (χ1n) is 4.23. The summed E-state index contributed by atoms with van der Waals surface area (Å²) in [5.41, 5.74) is 8.02. The molecule has 0 unspecified atom stereocenters. The van der Waals surface area contributed by atoms with Crippen LogP contribution in [0.15, 0.2) is 18.2 Å². The van der Waals surface area contributed by atoms with Crippen LogP contribution in [0, 0.1) is 0 Å². The average molecular weight is 179 g/mol. The monoisotopic (exact) mass is 179 g/mol. The molecule has 0 radical (unpaired) electrons. The van der Waals surface area contributed by atoms with Gasteiger partial charge in [0.2, 0.25) is 0 Å². The van der Waals surface area contributed by atoms with Crippen LogP contribution in [-0.2, 0) is 17.6 Å². The first kappa shape index (κ1) is 9.58. The molecule has 0 heterocycles. The van der Waals surface area contributed by atoms with E-state index in [2.05, 4.69) is 0 Å². The normalized spacial score (nSPS) is 9.92. The number of hydrogen-bond donors (Lipinski definition) is 2. The van der Waals surface area contributed by atoms with Crippen molar-refractivity contribution in [2.24, 2.45) is 0 Å². The van der Waals surface area contributed by atoms with Crippen molar-refractivity contribution < 1.29 is 9.90 Å². The molecule has 0 aliphatic carbocycles. The highest BCUT2D eigenvalue weighted by molar-refractivity contribution is 5.73. The Kier molecular flexibility index (Phi) is 2.90. The highest BCUT2D eigenvalue weighted by atomic mass is 16.4. The maximum absolute atomic E-state index is 10.5. The molecular weight excluding hydrogens is 166 g/mol. The van der Waals surface area contributed by atoms with Gasteiger partial charge in [0.1, 0.15) is 0 Å². The molecule has 1 rings (SSSR count). The molecule has 0 saturated carbocycles. The van der Waals surface area contributed by atoms with Crippen molar-refractivity contribution in [2.45, 2.75) is 19.8 Å². The number of rotatable bonds is 3. The van der Waals surface area contributed by atoms with Gasteiger partial charge in [0.05, 0.1) is 6.42 Å². The molecule has 3 nitrogen and oxygen atoms in total. The van der Waals surface area contributed by atoms with Crippen LogP contribution in [0.5, 0.6) is 0 Å². The second-order valence-corrected chi connectivity index (χ2v) is 2.91. The first-order valence-corrected chi connectivity index (χ1v) is 4.23. The molecule has 0 spiro atoms. The molecule has 70 valence electrons. The van der Waals surface area contributed by atoms with E-state index in [4.69, 9.17) is 10.8 Å². The SMILES string of the molecule is CCc1cccc(N)c1CC(=O)O. The lowest BCUT2D eigenvalue weighted by molar-refractivity contribution is -0.136. The Morgan fingerprint density at radius 2 is 2.23 bits per heavy atom. The maximum atomic E-state index is 10.5. The number of carboxylic acid groups (broad SMARTS) is 1. The number of benzene rings is 1. The van der Waals surface area contributed by atoms with Crippen LogP contribution < -0.4 is 5.73 Å². The topological polar surface area (TPSA) is 63.3 Å². The van der Waals surface area contributed by atoms with Crippen molar-refractivity contribution in [3.63, 3.8) is 0 Å². The second kappa shape index (κ2) is 3.94. The largest absolute Gasteiger partial charge is 0.481 e. The molecule has 0 aliphatic rings. The Bertz CT molecular complexity index is 321. The van der Waals surface area contributed by atoms with Gasteiger partial charge in [0.25, 0.3) is 0 Å². The lowest BCUT2D eigenvalue weighted by Crippen LogP contribution is -2.06. The lowest BCUT2D eigenvalue weighted by atomic mass is 10.0. The van der Waals surface area contributed by atoms with Crippen LogP contribution in [0.1, 0.15) is 18.1 Å². The van der Waals surface area contributed by atoms with Crippen LogP contribution in [0.25, 0.3) is 0 Å². The summed E-state index contributed by atoms with van der Waals surface area (Å²) >= 11 is 0. The summed E-state index contributed by atoms with van der Waals surface area (Å²) in [6.07, 6.45) is 0.823. The van der Waals surface area contributed by atoms with Gasteiger partial charge in [-0.05, 0) is 23.6 Å². The molecule has 13 heavy (non-hydrogen) atoms. The predicted octanol–water partition coefficient (Wildman–Crippen LogP) is 1.46. The molecule has 0 saturated heterocycles. The fourth-order valence-corrected chi connectivity index (χ4v) is 1.35. The number of carboxylic acids is 1. The first-order chi connectivity index (χ1) is 6.15. The van der Waals surface area contributed by atoms with Crippen LogP contribution >= 0.6 is 0 Å². The van der Waals surface area contributed by atoms with Crippen molar-refractivity contribution in [3.05, 3.63) is 29.3 Å². The molecule has 1 aromatic carbocycles. The van der Waals surface area contributed by atoms with E-state index in [9.17, 15) is 4.79 Å². The van der Waals surface area contributed by atoms with Gasteiger partial charge in [-0.15, -0.1) is 0 Å². The molecule has 0 amide bonds. The summed E-state index contributed by atoms with van der Waals surface area (Å²) in [5.74, 6) is -0.840. The van der Waals surface area contributed by atoms with E-state index in [0.717, 1.165) is 17.5 Å². The van der Waals surface area contributed by atoms with Gasteiger partial charge in [-0.25, -0.2) is 0 Å². The standard InChI is InChI=1S/C10H13NO2/c1-2-7-4-3-5-9(11)8(7)6-10(12)13/h3-5H,2,6,11H2,1H3,(H,12,13). The molecule has 0 aliphatic heterocycles. The number of aliphatic carboxylic acids is 1. The second-order valence-electron chi connectivity index (χ2n) is 2.91. The van der Waals surface area contributed by atoms with Gasteiger partial charge in [-0.2, -0.15) is 0 Å². The van der Waals surface area contributed by atoms with Gasteiger partial charge in [0, 0.05) is 5.69 Å². The van der Waals surface area contributed by atoms with E-state index in [1.807, 2.05) is 19.1 Å². The third-order valence-electron chi connectivity index (χ3n) is 2.02. The number of aryl methyl sites for hydroxylation is 1. The van der Waals surface area contributed by atoms with Crippen LogP contribution in [0.3, 0.4) is 0 Å². The Labute approximate surface area is 77.2 Å². The molecule has 3 N–H and O–H groups in total. The summed E-state index contributed by atoms with van der Waals surface area (Å²) in [6, 6.07) is 5.49. The number of nitrogen functional groups attached to an aromatic ring is 1. The van der Waals surface area contributed by atoms with Crippen LogP contribution in [0.4, 0.5) is 5.69 Å². The summed E-state index contributed by atoms with van der Waals surface area (Å²) < 4.78 is 0. The van der Waals surface area contributed by atoms with E-state index in [-0.39, 0.29) is 6.42 Å². The smallest absolute Gasteiger partial charge is 0.307 e. The van der Waals surface area contributed by atoms with Gasteiger partial charge < -0.3 is 10.8 Å². The number of nitrogens with two attached hydrogens (primary N) is 1. The minimum absolute atomic E-state index is 0.00977. The van der Waals surface area contributed by atoms with Crippen LogP contribution in [0.2, 0.25) is 0 Å². The number of hydrogen-bond acceptors (Lipinski definition) is 2. The minimum Gasteiger partial charge on any atom is -0.481 e. The van der Waals surface area contributed by atoms with Crippen LogP contribution in [-0.4, -0.2) is 11.1 Å². The van der Waals surface area contributed by atoms with Crippen molar-refractivity contribution in [1.82, 2.24) is 0 Å². The van der Waals surface area contributed by atoms with Crippen molar-refractivity contribution >= 4 is 11.7 Å². The highest BCUT2D eigenvalue weighted by Gasteiger charge is 2.08. The van der Waals surface area contributed by atoms with E-state index in [0.29, 0.717) is 5.69 Å². The van der Waals surface area contributed by atoms with Crippen molar-refractivity contribution in [1.29, 1.82) is 0 Å². The molecular formula is C10H13NO2. The van der Waals surface area contributed by atoms with E-state index in [1.165, 1.54) is 0 Å². The third-order valence-corrected chi connectivity index (χ3v) is 2.02. The molecule has 0 atom stereocenters. The summed E-state index contributed by atoms with van der Waals surface area (Å²) in [7, 11) is 0. The van der Waals surface area contributed by atoms with Gasteiger partial charge in [0.15, 0.2) is 0 Å². The maximum Gasteiger partial charge on any atom is 0.307 e. The zero-order valence-corrected chi connectivity index (χ0v) is 7.58. The molecule has 1 aromatic rings. The Morgan fingerprint density at radius 3 is 2.77 bits per heavy atom. The van der Waals surface area contributed by atoms with E-state index < -0.39 is 5.97 Å². The Hall–Kier alpha value is -1.51. The summed E-state index contributed by atoms with van der Waals surface area (Å²) in [6.45, 7) is 1.99. The summed E-state index contributed by atoms with van der Waals surface area (Å²) in [5, 5.41) is 8.66. The Morgan fingerprint density at radius 1 is 1.54 bits per heavy atom. The van der Waals surface area contributed by atoms with Gasteiger partial charge in [-0.3, -0.25) is 4.79 Å². The predicted molar refractivity (Wildman–Crippen MR) is 51.6 cm³/mol. The lowest BCUT2D eigenvalue weighted by Gasteiger charge is -2.08. The van der Waals surface area contributed by atoms with Crippen molar-refractivity contribution in [3.8, 4) is 0 Å². The average Bonchev–Trinajstić information content (AvgIpc) is 2.08. The fourth-order valence-electron chi connectivity index (χ4n) is 1.35. The molecule has 0 bridgehead atoms. The molecule has 0 aromatic heterocycles. The highest BCUT2D eigenvalue weighted by Crippen LogP contribution is 2.18. The molecule has 3 heteroatoms. The van der Waals surface area contributed by atoms with E-state index >= 15 is 0 Å².